The van der Waals surface area contributed by atoms with Crippen molar-refractivity contribution in [3.05, 3.63) is 11.6 Å². The van der Waals surface area contributed by atoms with Crippen LogP contribution in [0.3, 0.4) is 0 Å². The molecule has 3 heteroatoms. The minimum atomic E-state index is -0.911. The van der Waals surface area contributed by atoms with Crippen LogP contribution in [0, 0.1) is 5.92 Å². The number of nitrogens with two attached hydrogens (primary N) is 1. The Bertz CT molecular complexity index is 161. The monoisotopic (exact) mass is 157 g/mol. The Morgan fingerprint density at radius 2 is 2.18 bits per heavy atom. The summed E-state index contributed by atoms with van der Waals surface area (Å²) in [6, 6.07) is 0. The molecule has 0 fully saturated rings. The van der Waals surface area contributed by atoms with Gasteiger partial charge in [0.15, 0.2) is 0 Å². The molecular weight excluding hydrogens is 142 g/mol. The van der Waals surface area contributed by atoms with Crippen molar-refractivity contribution in [2.75, 3.05) is 6.54 Å². The van der Waals surface area contributed by atoms with Gasteiger partial charge in [-0.1, -0.05) is 13.8 Å². The van der Waals surface area contributed by atoms with Crippen molar-refractivity contribution in [2.45, 2.75) is 20.3 Å². The third-order valence-corrected chi connectivity index (χ3v) is 1.26. The van der Waals surface area contributed by atoms with Crippen molar-refractivity contribution < 1.29 is 9.90 Å². The van der Waals surface area contributed by atoms with Crippen molar-refractivity contribution in [1.82, 2.24) is 0 Å². The maximum absolute atomic E-state index is 10.2. The van der Waals surface area contributed by atoms with Gasteiger partial charge < -0.3 is 10.8 Å². The van der Waals surface area contributed by atoms with Crippen LogP contribution in [0.2, 0.25) is 0 Å². The summed E-state index contributed by atoms with van der Waals surface area (Å²) >= 11 is 0. The number of rotatable bonds is 4. The summed E-state index contributed by atoms with van der Waals surface area (Å²) in [6.07, 6.45) is 1.96. The second kappa shape index (κ2) is 4.91. The van der Waals surface area contributed by atoms with Crippen LogP contribution < -0.4 is 5.73 Å². The van der Waals surface area contributed by atoms with Gasteiger partial charge >= 0.3 is 5.97 Å². The maximum Gasteiger partial charge on any atom is 0.328 e. The highest BCUT2D eigenvalue weighted by molar-refractivity contribution is 5.80. The van der Waals surface area contributed by atoms with E-state index in [0.717, 1.165) is 12.0 Å². The average molecular weight is 157 g/mol. The van der Waals surface area contributed by atoms with E-state index in [1.54, 1.807) is 0 Å². The Morgan fingerprint density at radius 3 is 2.45 bits per heavy atom. The molecule has 0 rings (SSSR count). The number of hydrogen-bond donors (Lipinski definition) is 2. The van der Waals surface area contributed by atoms with Gasteiger partial charge in [0.25, 0.3) is 0 Å². The molecule has 0 aromatic carbocycles. The largest absolute Gasteiger partial charge is 0.478 e. The molecule has 11 heavy (non-hydrogen) atoms. The molecule has 0 aliphatic carbocycles. The predicted molar refractivity (Wildman–Crippen MR) is 44.2 cm³/mol. The van der Waals surface area contributed by atoms with E-state index in [1.165, 1.54) is 6.08 Å². The Labute approximate surface area is 66.9 Å². The highest BCUT2D eigenvalue weighted by Crippen LogP contribution is 2.08. The van der Waals surface area contributed by atoms with E-state index in [4.69, 9.17) is 10.8 Å². The number of hydrogen-bond acceptors (Lipinski definition) is 2. The van der Waals surface area contributed by atoms with Crippen LogP contribution in [0.25, 0.3) is 0 Å². The van der Waals surface area contributed by atoms with Gasteiger partial charge in [-0.25, -0.2) is 4.79 Å². The van der Waals surface area contributed by atoms with Gasteiger partial charge in [0.05, 0.1) is 0 Å². The molecule has 3 N–H and O–H groups in total. The van der Waals surface area contributed by atoms with Crippen molar-refractivity contribution in [3.8, 4) is 0 Å². The minimum absolute atomic E-state index is 0.338. The predicted octanol–water partition coefficient (Wildman–Crippen LogP) is 1.00. The first kappa shape index (κ1) is 10.2. The van der Waals surface area contributed by atoms with Gasteiger partial charge in [-0.05, 0) is 17.9 Å². The Kier molecular flexibility index (Phi) is 4.54. The van der Waals surface area contributed by atoms with E-state index in [1.807, 2.05) is 13.8 Å². The van der Waals surface area contributed by atoms with E-state index in [-0.39, 0.29) is 0 Å². The van der Waals surface area contributed by atoms with Gasteiger partial charge in [0, 0.05) is 12.6 Å². The van der Waals surface area contributed by atoms with Crippen LogP contribution in [-0.2, 0) is 4.79 Å². The molecule has 0 atom stereocenters. The van der Waals surface area contributed by atoms with E-state index in [2.05, 4.69) is 0 Å². The Balaban J connectivity index is 4.05. The number of carboxylic acid groups (broad SMARTS) is 1. The quantitative estimate of drug-likeness (QED) is 0.598. The van der Waals surface area contributed by atoms with Gasteiger partial charge in [-0.2, -0.15) is 0 Å². The first-order valence-electron chi connectivity index (χ1n) is 3.68. The van der Waals surface area contributed by atoms with Gasteiger partial charge in [0.1, 0.15) is 0 Å². The van der Waals surface area contributed by atoms with Crippen molar-refractivity contribution in [2.24, 2.45) is 11.7 Å². The van der Waals surface area contributed by atoms with Crippen LogP contribution >= 0.6 is 0 Å². The number of carbonyl (C=O) groups is 1. The molecule has 0 bridgehead atoms. The molecule has 3 nitrogen and oxygen atoms in total. The van der Waals surface area contributed by atoms with E-state index >= 15 is 0 Å². The Hall–Kier alpha value is -0.830. The summed E-state index contributed by atoms with van der Waals surface area (Å²) in [6.45, 7) is 4.40. The molecule has 64 valence electrons. The van der Waals surface area contributed by atoms with Crippen LogP contribution in [0.4, 0.5) is 0 Å². The standard InChI is InChI=1S/C8H15NO2/c1-6(2)3-7(5-9)4-8(10)11/h4,6H,3,5,9H2,1-2H3,(H,10,11)/b7-4-. The summed E-state index contributed by atoms with van der Waals surface area (Å²) in [5, 5.41) is 8.40. The van der Waals surface area contributed by atoms with E-state index < -0.39 is 5.97 Å². The summed E-state index contributed by atoms with van der Waals surface area (Å²) in [4.78, 5) is 10.2. The normalized spacial score (nSPS) is 12.2. The zero-order valence-electron chi connectivity index (χ0n) is 7.00. The summed E-state index contributed by atoms with van der Waals surface area (Å²) in [5.41, 5.74) is 6.14. The number of aliphatic carboxylic acids is 1. The topological polar surface area (TPSA) is 63.3 Å². The second-order valence-corrected chi connectivity index (χ2v) is 2.94. The van der Waals surface area contributed by atoms with Crippen molar-refractivity contribution >= 4 is 5.97 Å². The van der Waals surface area contributed by atoms with Gasteiger partial charge in [-0.3, -0.25) is 0 Å². The fourth-order valence-electron chi connectivity index (χ4n) is 0.900. The molecular formula is C8H15NO2. The SMILES string of the molecule is CC(C)C/C(=C/C(=O)O)CN. The molecule has 0 aliphatic rings. The van der Waals surface area contributed by atoms with Gasteiger partial charge in [-0.15, -0.1) is 0 Å². The molecule has 0 heterocycles. The third kappa shape index (κ3) is 5.61. The third-order valence-electron chi connectivity index (χ3n) is 1.26. The smallest absolute Gasteiger partial charge is 0.328 e. The van der Waals surface area contributed by atoms with E-state index in [9.17, 15) is 4.79 Å². The molecule has 0 aliphatic heterocycles. The summed E-state index contributed by atoms with van der Waals surface area (Å²) < 4.78 is 0. The lowest BCUT2D eigenvalue weighted by Gasteiger charge is -2.05. The van der Waals surface area contributed by atoms with Crippen LogP contribution in [0.1, 0.15) is 20.3 Å². The zero-order valence-corrected chi connectivity index (χ0v) is 7.00. The van der Waals surface area contributed by atoms with Crippen LogP contribution in [0.5, 0.6) is 0 Å². The van der Waals surface area contributed by atoms with Gasteiger partial charge in [0.2, 0.25) is 0 Å². The molecule has 0 aromatic heterocycles. The fraction of sp³-hybridized carbons (Fsp3) is 0.625. The lowest BCUT2D eigenvalue weighted by molar-refractivity contribution is -0.131. The van der Waals surface area contributed by atoms with Crippen LogP contribution in [0.15, 0.2) is 11.6 Å². The van der Waals surface area contributed by atoms with Crippen molar-refractivity contribution in [3.63, 3.8) is 0 Å². The zero-order chi connectivity index (χ0) is 8.85. The molecule has 0 saturated heterocycles. The summed E-state index contributed by atoms with van der Waals surface area (Å²) in [5.74, 6) is -0.449. The first-order valence-corrected chi connectivity index (χ1v) is 3.68. The molecule has 0 saturated carbocycles. The molecule has 0 amide bonds. The first-order chi connectivity index (χ1) is 5.06. The maximum atomic E-state index is 10.2. The number of carboxylic acids is 1. The minimum Gasteiger partial charge on any atom is -0.478 e. The summed E-state index contributed by atoms with van der Waals surface area (Å²) in [7, 11) is 0. The Morgan fingerprint density at radius 1 is 1.64 bits per heavy atom. The molecule has 0 spiro atoms. The lowest BCUT2D eigenvalue weighted by Crippen LogP contribution is -2.07. The molecule has 0 aromatic rings. The highest BCUT2D eigenvalue weighted by Gasteiger charge is 2.00. The molecule has 0 unspecified atom stereocenters. The highest BCUT2D eigenvalue weighted by atomic mass is 16.4. The average Bonchev–Trinajstić information content (AvgIpc) is 1.84. The second-order valence-electron chi connectivity index (χ2n) is 2.94. The van der Waals surface area contributed by atoms with Crippen LogP contribution in [-0.4, -0.2) is 17.6 Å². The van der Waals surface area contributed by atoms with E-state index in [0.29, 0.717) is 12.5 Å². The van der Waals surface area contributed by atoms with Crippen molar-refractivity contribution in [1.29, 1.82) is 0 Å². The lowest BCUT2D eigenvalue weighted by atomic mass is 10.0. The molecule has 0 radical (unpaired) electrons. The fourth-order valence-corrected chi connectivity index (χ4v) is 0.900.